The number of non-ortho nitro benzene ring substituents is 2. The molecule has 0 radical (unpaired) electrons. The number of unbranched alkanes of at least 4 members (excludes halogenated alkanes) is 3. The number of ether oxygens (including phenoxy) is 3. The van der Waals surface area contributed by atoms with E-state index in [1.54, 1.807) is 0 Å². The van der Waals surface area contributed by atoms with Crippen LogP contribution in [0.25, 0.3) is 6.08 Å². The molecule has 16 heteroatoms. The second kappa shape index (κ2) is 16.2. The number of rotatable bonds is 16. The van der Waals surface area contributed by atoms with E-state index in [0.29, 0.717) is 31.2 Å². The summed E-state index contributed by atoms with van der Waals surface area (Å²) in [6, 6.07) is 11.5. The fourth-order valence-corrected chi connectivity index (χ4v) is 4.02. The van der Waals surface area contributed by atoms with Gasteiger partial charge in [-0.15, -0.1) is 0 Å². The van der Waals surface area contributed by atoms with Crippen LogP contribution in [0.1, 0.15) is 52.7 Å². The molecule has 0 atom stereocenters. The first kappa shape index (κ1) is 36.1. The van der Waals surface area contributed by atoms with Crippen LogP contribution in [0.2, 0.25) is 0 Å². The van der Waals surface area contributed by atoms with Crippen LogP contribution in [-0.2, 0) is 26.8 Å². The molecule has 0 aliphatic heterocycles. The Morgan fingerprint density at radius 3 is 1.83 bits per heavy atom. The number of alkyl halides is 5. The van der Waals surface area contributed by atoms with Crippen LogP contribution >= 0.6 is 0 Å². The summed E-state index contributed by atoms with van der Waals surface area (Å²) in [6.45, 7) is 0.0488. The summed E-state index contributed by atoms with van der Waals surface area (Å²) in [5.41, 5.74) is -1.74. The smallest absolute Gasteiger partial charge is 0.426 e. The van der Waals surface area contributed by atoms with Crippen molar-refractivity contribution in [2.75, 3.05) is 13.2 Å². The molecule has 0 saturated heterocycles. The monoisotopic (exact) mass is 666 g/mol. The van der Waals surface area contributed by atoms with E-state index < -0.39 is 57.4 Å². The Morgan fingerprint density at radius 2 is 1.30 bits per heavy atom. The van der Waals surface area contributed by atoms with Gasteiger partial charge in [-0.05, 0) is 67.2 Å². The van der Waals surface area contributed by atoms with Crippen molar-refractivity contribution in [3.05, 3.63) is 115 Å². The minimum absolute atomic E-state index is 0.0346. The summed E-state index contributed by atoms with van der Waals surface area (Å²) in [4.78, 5) is 44.3. The lowest BCUT2D eigenvalue weighted by Gasteiger charge is -2.18. The van der Waals surface area contributed by atoms with Gasteiger partial charge < -0.3 is 14.2 Å². The van der Waals surface area contributed by atoms with Crippen LogP contribution in [0, 0.1) is 20.2 Å². The number of halogens is 5. The standard InChI is InChI=1S/C31H27F5N2O9/c32-30(33,34)20-22-7-12-27(13-8-22)47-31(35,36)24-10-5-21(6-11-24)9-14-28(39)45-15-3-1-2-4-16-46-29(40)23-17-25(37(41)42)19-26(18-23)38(43)44/h5-14,17-19H,1-4,15-16,20H2. The predicted octanol–water partition coefficient (Wildman–Crippen LogP) is 7.71. The predicted molar refractivity (Wildman–Crippen MR) is 156 cm³/mol. The van der Waals surface area contributed by atoms with Gasteiger partial charge in [0.05, 0.1) is 46.7 Å². The lowest BCUT2D eigenvalue weighted by molar-refractivity contribution is -0.394. The molecule has 47 heavy (non-hydrogen) atoms. The molecule has 0 unspecified atom stereocenters. The van der Waals surface area contributed by atoms with Gasteiger partial charge in [-0.3, -0.25) is 20.2 Å². The molecular weight excluding hydrogens is 639 g/mol. The first-order valence-electron chi connectivity index (χ1n) is 13.9. The number of nitrogens with zero attached hydrogens (tertiary/aromatic N) is 2. The Labute approximate surface area is 263 Å². The highest BCUT2D eigenvalue weighted by Gasteiger charge is 2.34. The summed E-state index contributed by atoms with van der Waals surface area (Å²) >= 11 is 0. The SMILES string of the molecule is O=C(C=Cc1ccc(C(F)(F)Oc2ccc(CC(F)(F)F)cc2)cc1)OCCCCCCOC(=O)c1cc([N+](=O)[O-])cc([N+](=O)[O-])c1. The lowest BCUT2D eigenvalue weighted by Crippen LogP contribution is -2.21. The van der Waals surface area contributed by atoms with Crippen molar-refractivity contribution >= 4 is 29.4 Å². The van der Waals surface area contributed by atoms with Crippen LogP contribution in [0.3, 0.4) is 0 Å². The second-order valence-corrected chi connectivity index (χ2v) is 9.98. The van der Waals surface area contributed by atoms with Crippen molar-refractivity contribution < 1.29 is 55.6 Å². The highest BCUT2D eigenvalue weighted by atomic mass is 19.4. The number of carbonyl (C=O) groups is 2. The molecule has 3 aromatic rings. The molecule has 0 heterocycles. The van der Waals surface area contributed by atoms with E-state index in [0.717, 1.165) is 60.7 Å². The van der Waals surface area contributed by atoms with E-state index in [9.17, 15) is 51.8 Å². The minimum atomic E-state index is -4.43. The number of nitro benzene ring substituents is 2. The van der Waals surface area contributed by atoms with Crippen LogP contribution in [0.5, 0.6) is 5.75 Å². The van der Waals surface area contributed by atoms with Crippen molar-refractivity contribution in [1.82, 2.24) is 0 Å². The summed E-state index contributed by atoms with van der Waals surface area (Å²) < 4.78 is 81.3. The maximum atomic E-state index is 14.6. The van der Waals surface area contributed by atoms with E-state index in [4.69, 9.17) is 9.47 Å². The van der Waals surface area contributed by atoms with E-state index >= 15 is 0 Å². The van der Waals surface area contributed by atoms with Gasteiger partial charge in [0.2, 0.25) is 0 Å². The number of nitro groups is 2. The number of esters is 2. The zero-order chi connectivity index (χ0) is 34.6. The summed E-state index contributed by atoms with van der Waals surface area (Å²) in [5, 5.41) is 21.9. The number of benzene rings is 3. The molecule has 250 valence electrons. The minimum Gasteiger partial charge on any atom is -0.463 e. The summed E-state index contributed by atoms with van der Waals surface area (Å²) in [6.07, 6.45) is -4.83. The largest absolute Gasteiger partial charge is 0.463 e. The third-order valence-corrected chi connectivity index (χ3v) is 6.31. The first-order chi connectivity index (χ1) is 22.1. The first-order valence-corrected chi connectivity index (χ1v) is 13.9. The average molecular weight is 667 g/mol. The Morgan fingerprint density at radius 1 is 0.745 bits per heavy atom. The molecule has 0 saturated carbocycles. The van der Waals surface area contributed by atoms with Crippen molar-refractivity contribution in [3.8, 4) is 5.75 Å². The zero-order valence-electron chi connectivity index (χ0n) is 24.4. The second-order valence-electron chi connectivity index (χ2n) is 9.98. The quantitative estimate of drug-likeness (QED) is 0.0374. The summed E-state index contributed by atoms with van der Waals surface area (Å²) in [7, 11) is 0. The molecule has 0 aliphatic rings. The van der Waals surface area contributed by atoms with Crippen LogP contribution in [-0.4, -0.2) is 41.2 Å². The third-order valence-electron chi connectivity index (χ3n) is 6.31. The molecular formula is C31H27F5N2O9. The number of hydrogen-bond acceptors (Lipinski definition) is 9. The van der Waals surface area contributed by atoms with Gasteiger partial charge in [-0.25, -0.2) is 9.59 Å². The fraction of sp³-hybridized carbons (Fsp3) is 0.290. The molecule has 0 aliphatic carbocycles. The molecule has 11 nitrogen and oxygen atoms in total. The molecule has 0 aromatic heterocycles. The van der Waals surface area contributed by atoms with E-state index in [2.05, 4.69) is 4.74 Å². The fourth-order valence-electron chi connectivity index (χ4n) is 4.02. The Balaban J connectivity index is 1.34. The Kier molecular flexibility index (Phi) is 12.5. The third kappa shape index (κ3) is 12.1. The van der Waals surface area contributed by atoms with Gasteiger partial charge in [0, 0.05) is 18.2 Å². The van der Waals surface area contributed by atoms with Crippen molar-refractivity contribution in [2.45, 2.75) is 44.4 Å². The van der Waals surface area contributed by atoms with Gasteiger partial charge in [-0.1, -0.05) is 24.3 Å². The van der Waals surface area contributed by atoms with Gasteiger partial charge in [0.25, 0.3) is 11.4 Å². The van der Waals surface area contributed by atoms with Crippen molar-refractivity contribution in [2.24, 2.45) is 0 Å². The van der Waals surface area contributed by atoms with Gasteiger partial charge in [0.1, 0.15) is 5.75 Å². The highest BCUT2D eigenvalue weighted by Crippen LogP contribution is 2.32. The lowest BCUT2D eigenvalue weighted by atomic mass is 10.1. The molecule has 0 N–H and O–H groups in total. The van der Waals surface area contributed by atoms with E-state index in [-0.39, 0.29) is 30.1 Å². The molecule has 0 amide bonds. The topological polar surface area (TPSA) is 148 Å². The van der Waals surface area contributed by atoms with Gasteiger partial charge >= 0.3 is 24.2 Å². The Bertz CT molecular complexity index is 1560. The highest BCUT2D eigenvalue weighted by molar-refractivity contribution is 5.91. The maximum absolute atomic E-state index is 14.6. The summed E-state index contributed by atoms with van der Waals surface area (Å²) in [5.74, 6) is -1.92. The van der Waals surface area contributed by atoms with Crippen LogP contribution in [0.4, 0.5) is 33.3 Å². The zero-order valence-corrected chi connectivity index (χ0v) is 24.4. The van der Waals surface area contributed by atoms with Gasteiger partial charge in [0.15, 0.2) is 0 Å². The van der Waals surface area contributed by atoms with E-state index in [1.807, 2.05) is 0 Å². The average Bonchev–Trinajstić information content (AvgIpc) is 3.01. The van der Waals surface area contributed by atoms with Crippen LogP contribution in [0.15, 0.2) is 72.8 Å². The number of hydrogen-bond donors (Lipinski definition) is 0. The molecule has 3 rings (SSSR count). The van der Waals surface area contributed by atoms with Crippen molar-refractivity contribution in [1.29, 1.82) is 0 Å². The van der Waals surface area contributed by atoms with Gasteiger partial charge in [-0.2, -0.15) is 22.0 Å². The molecule has 0 spiro atoms. The molecule has 0 bridgehead atoms. The number of carbonyl (C=O) groups excluding carboxylic acids is 2. The maximum Gasteiger partial charge on any atom is 0.426 e. The van der Waals surface area contributed by atoms with E-state index in [1.165, 1.54) is 18.2 Å². The molecule has 3 aromatic carbocycles. The molecule has 0 fully saturated rings. The van der Waals surface area contributed by atoms with Crippen molar-refractivity contribution in [3.63, 3.8) is 0 Å². The Hall–Kier alpha value is -5.41. The normalized spacial score (nSPS) is 11.7. The van der Waals surface area contributed by atoms with Crippen LogP contribution < -0.4 is 4.74 Å².